The van der Waals surface area contributed by atoms with E-state index in [1.807, 2.05) is 37.3 Å². The van der Waals surface area contributed by atoms with Crippen molar-refractivity contribution in [1.29, 1.82) is 0 Å². The minimum absolute atomic E-state index is 0.00153. The molecule has 0 saturated heterocycles. The van der Waals surface area contributed by atoms with Crippen molar-refractivity contribution in [3.05, 3.63) is 35.9 Å². The van der Waals surface area contributed by atoms with E-state index < -0.39 is 0 Å². The predicted octanol–water partition coefficient (Wildman–Crippen LogP) is 2.86. The summed E-state index contributed by atoms with van der Waals surface area (Å²) in [7, 11) is 1.71. The Hall–Kier alpha value is -1.19. The molecule has 0 aliphatic carbocycles. The zero-order chi connectivity index (χ0) is 14.3. The molecule has 1 rings (SSSR count). The van der Waals surface area contributed by atoms with Crippen LogP contribution in [0.3, 0.4) is 0 Å². The molecule has 0 N–H and O–H groups in total. The average Bonchev–Trinajstić information content (AvgIpc) is 2.43. The van der Waals surface area contributed by atoms with E-state index in [0.717, 1.165) is 18.7 Å². The molecule has 1 aromatic carbocycles. The normalized spacial score (nSPS) is 12.9. The van der Waals surface area contributed by atoms with Gasteiger partial charge in [-0.15, -0.1) is 0 Å². The number of hydrogen-bond donors (Lipinski definition) is 0. The van der Waals surface area contributed by atoms with Gasteiger partial charge >= 0.3 is 0 Å². The van der Waals surface area contributed by atoms with Crippen molar-refractivity contribution >= 4 is 5.78 Å². The van der Waals surface area contributed by atoms with Crippen LogP contribution in [0.15, 0.2) is 30.3 Å². The first kappa shape index (κ1) is 15.9. The molecule has 19 heavy (non-hydrogen) atoms. The summed E-state index contributed by atoms with van der Waals surface area (Å²) >= 11 is 0. The Balaban J connectivity index is 2.61. The van der Waals surface area contributed by atoms with E-state index in [0.29, 0.717) is 12.6 Å². The average molecular weight is 263 g/mol. The van der Waals surface area contributed by atoms with Crippen molar-refractivity contribution in [3.63, 3.8) is 0 Å². The van der Waals surface area contributed by atoms with Crippen LogP contribution < -0.4 is 0 Å². The number of nitrogens with zero attached hydrogens (tertiary/aromatic N) is 1. The van der Waals surface area contributed by atoms with E-state index >= 15 is 0 Å². The van der Waals surface area contributed by atoms with Gasteiger partial charge in [0.05, 0.1) is 6.61 Å². The van der Waals surface area contributed by atoms with Crippen molar-refractivity contribution in [1.82, 2.24) is 4.90 Å². The fourth-order valence-electron chi connectivity index (χ4n) is 2.09. The molecule has 3 nitrogen and oxygen atoms in total. The summed E-state index contributed by atoms with van der Waals surface area (Å²) < 4.78 is 5.12. The molecule has 0 aliphatic rings. The van der Waals surface area contributed by atoms with Gasteiger partial charge in [-0.05, 0) is 13.8 Å². The molecule has 0 amide bonds. The van der Waals surface area contributed by atoms with Crippen molar-refractivity contribution < 1.29 is 9.53 Å². The lowest BCUT2D eigenvalue weighted by molar-refractivity contribution is 0.0833. The van der Waals surface area contributed by atoms with E-state index in [-0.39, 0.29) is 11.7 Å². The Morgan fingerprint density at radius 2 is 1.84 bits per heavy atom. The first-order valence-electron chi connectivity index (χ1n) is 6.88. The van der Waals surface area contributed by atoms with E-state index in [1.54, 1.807) is 7.11 Å². The number of hydrogen-bond acceptors (Lipinski definition) is 3. The standard InChI is InChI=1S/C16H25NO2/c1-13(2)17(10-11-19-4)12-14(3)16(18)15-8-6-5-7-9-15/h5-9,13-14H,10-12H2,1-4H3. The highest BCUT2D eigenvalue weighted by Crippen LogP contribution is 2.12. The molecular formula is C16H25NO2. The van der Waals surface area contributed by atoms with E-state index in [2.05, 4.69) is 18.7 Å². The quantitative estimate of drug-likeness (QED) is 0.675. The maximum Gasteiger partial charge on any atom is 0.166 e. The summed E-state index contributed by atoms with van der Waals surface area (Å²) in [4.78, 5) is 14.6. The van der Waals surface area contributed by atoms with Crippen LogP contribution in [-0.4, -0.2) is 43.5 Å². The Morgan fingerprint density at radius 3 is 2.37 bits per heavy atom. The van der Waals surface area contributed by atoms with Gasteiger partial charge in [0.25, 0.3) is 0 Å². The van der Waals surface area contributed by atoms with Crippen LogP contribution in [0.5, 0.6) is 0 Å². The van der Waals surface area contributed by atoms with Crippen LogP contribution >= 0.6 is 0 Å². The lowest BCUT2D eigenvalue weighted by Crippen LogP contribution is -2.39. The topological polar surface area (TPSA) is 29.5 Å². The molecule has 1 aromatic rings. The maximum absolute atomic E-state index is 12.3. The van der Waals surface area contributed by atoms with Crippen molar-refractivity contribution in [3.8, 4) is 0 Å². The zero-order valence-corrected chi connectivity index (χ0v) is 12.4. The van der Waals surface area contributed by atoms with E-state index in [4.69, 9.17) is 4.74 Å². The van der Waals surface area contributed by atoms with Gasteiger partial charge in [-0.3, -0.25) is 9.69 Å². The number of carbonyl (C=O) groups excluding carboxylic acids is 1. The zero-order valence-electron chi connectivity index (χ0n) is 12.4. The second-order valence-corrected chi connectivity index (χ2v) is 5.21. The third kappa shape index (κ3) is 5.13. The highest BCUT2D eigenvalue weighted by atomic mass is 16.5. The Bertz CT molecular complexity index is 376. The molecular weight excluding hydrogens is 238 g/mol. The Kier molecular flexibility index (Phi) is 6.74. The van der Waals surface area contributed by atoms with Crippen LogP contribution in [-0.2, 0) is 4.74 Å². The first-order chi connectivity index (χ1) is 9.06. The molecule has 0 fully saturated rings. The van der Waals surface area contributed by atoms with E-state index in [1.165, 1.54) is 0 Å². The lowest BCUT2D eigenvalue weighted by atomic mass is 9.98. The summed E-state index contributed by atoms with van der Waals surface area (Å²) in [6.45, 7) is 8.63. The summed E-state index contributed by atoms with van der Waals surface area (Å²) in [6.07, 6.45) is 0. The summed E-state index contributed by atoms with van der Waals surface area (Å²) in [5.41, 5.74) is 0.797. The molecule has 106 valence electrons. The van der Waals surface area contributed by atoms with Crippen LogP contribution in [0, 0.1) is 5.92 Å². The van der Waals surface area contributed by atoms with E-state index in [9.17, 15) is 4.79 Å². The molecule has 0 saturated carbocycles. The highest BCUT2D eigenvalue weighted by molar-refractivity contribution is 5.97. The molecule has 1 unspecified atom stereocenters. The van der Waals surface area contributed by atoms with Crippen molar-refractivity contribution in [2.45, 2.75) is 26.8 Å². The molecule has 1 atom stereocenters. The molecule has 0 bridgehead atoms. The molecule has 0 heterocycles. The number of rotatable bonds is 8. The number of carbonyl (C=O) groups is 1. The monoisotopic (exact) mass is 263 g/mol. The minimum atomic E-state index is 0.00153. The lowest BCUT2D eigenvalue weighted by Gasteiger charge is -2.28. The third-order valence-corrected chi connectivity index (χ3v) is 3.33. The SMILES string of the molecule is COCCN(CC(C)C(=O)c1ccccc1)C(C)C. The van der Waals surface area contributed by atoms with Crippen LogP contribution in [0.25, 0.3) is 0 Å². The number of benzene rings is 1. The van der Waals surface area contributed by atoms with Gasteiger partial charge < -0.3 is 4.74 Å². The van der Waals surface area contributed by atoms with Crippen molar-refractivity contribution in [2.75, 3.05) is 26.8 Å². The van der Waals surface area contributed by atoms with Gasteiger partial charge in [0.2, 0.25) is 0 Å². The highest BCUT2D eigenvalue weighted by Gasteiger charge is 2.19. The smallest absolute Gasteiger partial charge is 0.166 e. The summed E-state index contributed by atoms with van der Waals surface area (Å²) in [5, 5.41) is 0. The van der Waals surface area contributed by atoms with Gasteiger partial charge in [0.15, 0.2) is 5.78 Å². The first-order valence-corrected chi connectivity index (χ1v) is 6.88. The molecule has 3 heteroatoms. The number of ether oxygens (including phenoxy) is 1. The molecule has 0 aromatic heterocycles. The minimum Gasteiger partial charge on any atom is -0.383 e. The molecule has 0 spiro atoms. The van der Waals surface area contributed by atoms with Gasteiger partial charge in [0, 0.05) is 37.7 Å². The Labute approximate surface area is 116 Å². The predicted molar refractivity (Wildman–Crippen MR) is 78.5 cm³/mol. The van der Waals surface area contributed by atoms with Crippen LogP contribution in [0.2, 0.25) is 0 Å². The molecule has 0 radical (unpaired) electrons. The summed E-state index contributed by atoms with van der Waals surface area (Å²) in [6, 6.07) is 9.93. The third-order valence-electron chi connectivity index (χ3n) is 3.33. The van der Waals surface area contributed by atoms with Crippen molar-refractivity contribution in [2.24, 2.45) is 5.92 Å². The van der Waals surface area contributed by atoms with Gasteiger partial charge in [0.1, 0.15) is 0 Å². The second kappa shape index (κ2) is 8.08. The number of methoxy groups -OCH3 is 1. The van der Waals surface area contributed by atoms with Crippen LogP contribution in [0.4, 0.5) is 0 Å². The van der Waals surface area contributed by atoms with Gasteiger partial charge in [-0.1, -0.05) is 37.3 Å². The second-order valence-electron chi connectivity index (χ2n) is 5.21. The summed E-state index contributed by atoms with van der Waals surface area (Å²) in [5.74, 6) is 0.213. The maximum atomic E-state index is 12.3. The van der Waals surface area contributed by atoms with Gasteiger partial charge in [-0.25, -0.2) is 0 Å². The Morgan fingerprint density at radius 1 is 1.21 bits per heavy atom. The molecule has 0 aliphatic heterocycles. The number of ketones is 1. The number of Topliss-reactive ketones (excluding diaryl/α,β-unsaturated/α-hetero) is 1. The fraction of sp³-hybridized carbons (Fsp3) is 0.562. The largest absolute Gasteiger partial charge is 0.383 e. The van der Waals surface area contributed by atoms with Crippen LogP contribution in [0.1, 0.15) is 31.1 Å². The fourth-order valence-corrected chi connectivity index (χ4v) is 2.09. The van der Waals surface area contributed by atoms with Gasteiger partial charge in [-0.2, -0.15) is 0 Å².